The molecule has 1 unspecified atom stereocenters. The van der Waals surface area contributed by atoms with E-state index in [1.807, 2.05) is 20.8 Å². The molecular formula is C6H13NO. The molecule has 0 radical (unpaired) electrons. The Morgan fingerprint density at radius 3 is 2.00 bits per heavy atom. The second-order valence-electron chi connectivity index (χ2n) is 2.75. The van der Waals surface area contributed by atoms with Crippen LogP contribution < -0.4 is 5.73 Å². The molecule has 0 bridgehead atoms. The molecular weight excluding hydrogens is 102 g/mol. The van der Waals surface area contributed by atoms with Crippen LogP contribution in [-0.2, 0) is 4.79 Å². The fraction of sp³-hybridized carbons (Fsp3) is 0.833. The largest absolute Gasteiger partial charge is 0.325 e. The molecule has 2 heteroatoms. The molecule has 0 aromatic heterocycles. The summed E-state index contributed by atoms with van der Waals surface area (Å²) in [5.74, 6) is -0.0532. The van der Waals surface area contributed by atoms with E-state index >= 15 is 0 Å². The molecule has 0 heterocycles. The van der Waals surface area contributed by atoms with Gasteiger partial charge in [0, 0.05) is 11.5 Å². The van der Waals surface area contributed by atoms with Crippen LogP contribution in [0.2, 0.25) is 0 Å². The minimum atomic E-state index is -0.359. The normalized spacial score (nSPS) is 15.5. The summed E-state index contributed by atoms with van der Waals surface area (Å²) in [6.45, 7) is 5.49. The van der Waals surface area contributed by atoms with Crippen LogP contribution in [0, 0.1) is 5.92 Å². The van der Waals surface area contributed by atoms with E-state index in [0.29, 0.717) is 0 Å². The fourth-order valence-corrected chi connectivity index (χ4v) is 0.175. The average molecular weight is 115 g/mol. The van der Waals surface area contributed by atoms with Crippen molar-refractivity contribution in [1.29, 1.82) is 0 Å². The van der Waals surface area contributed by atoms with Crippen molar-refractivity contribution < 1.29 is 4.79 Å². The molecule has 2 N–H and O–H groups in total. The lowest BCUT2D eigenvalue weighted by Crippen LogP contribution is -2.40. The first-order valence-electron chi connectivity index (χ1n) is 2.72. The second kappa shape index (κ2) is 2.27. The van der Waals surface area contributed by atoms with Crippen LogP contribution in [0.1, 0.15) is 20.8 Å². The summed E-state index contributed by atoms with van der Waals surface area (Å²) in [6, 6.07) is 0. The van der Waals surface area contributed by atoms with E-state index in [4.69, 9.17) is 5.73 Å². The maximum atomic E-state index is 10.1. The number of hydrogen-bond acceptors (Lipinski definition) is 2. The van der Waals surface area contributed by atoms with Crippen LogP contribution in [0.25, 0.3) is 0 Å². The van der Waals surface area contributed by atoms with E-state index in [0.717, 1.165) is 6.29 Å². The van der Waals surface area contributed by atoms with E-state index in [1.54, 1.807) is 0 Å². The monoisotopic (exact) mass is 115 g/mol. The van der Waals surface area contributed by atoms with E-state index in [9.17, 15) is 4.79 Å². The van der Waals surface area contributed by atoms with E-state index < -0.39 is 0 Å². The van der Waals surface area contributed by atoms with Gasteiger partial charge in [0.25, 0.3) is 0 Å². The van der Waals surface area contributed by atoms with Gasteiger partial charge in [-0.25, -0.2) is 0 Å². The summed E-state index contributed by atoms with van der Waals surface area (Å²) >= 11 is 0. The summed E-state index contributed by atoms with van der Waals surface area (Å²) in [7, 11) is 0. The Hall–Kier alpha value is -0.370. The molecule has 48 valence electrons. The highest BCUT2D eigenvalue weighted by Crippen LogP contribution is 2.08. The van der Waals surface area contributed by atoms with Gasteiger partial charge in [-0.1, -0.05) is 6.92 Å². The van der Waals surface area contributed by atoms with Gasteiger partial charge in [0.1, 0.15) is 6.29 Å². The van der Waals surface area contributed by atoms with Gasteiger partial charge in [0.05, 0.1) is 0 Å². The van der Waals surface area contributed by atoms with Crippen LogP contribution in [0.3, 0.4) is 0 Å². The summed E-state index contributed by atoms with van der Waals surface area (Å²) in [4.78, 5) is 10.1. The first-order valence-corrected chi connectivity index (χ1v) is 2.72. The smallest absolute Gasteiger partial charge is 0.124 e. The van der Waals surface area contributed by atoms with Crippen molar-refractivity contribution in [2.24, 2.45) is 11.7 Å². The fourth-order valence-electron chi connectivity index (χ4n) is 0.175. The third-order valence-corrected chi connectivity index (χ3v) is 1.38. The third-order valence-electron chi connectivity index (χ3n) is 1.38. The zero-order valence-electron chi connectivity index (χ0n) is 5.64. The molecule has 8 heavy (non-hydrogen) atoms. The summed E-state index contributed by atoms with van der Waals surface area (Å²) < 4.78 is 0. The molecule has 0 aliphatic rings. The SMILES string of the molecule is CC(C=O)C(C)(C)N. The Bertz CT molecular complexity index is 83.0. The van der Waals surface area contributed by atoms with Crippen molar-refractivity contribution in [2.45, 2.75) is 26.3 Å². The van der Waals surface area contributed by atoms with E-state index in [1.165, 1.54) is 0 Å². The van der Waals surface area contributed by atoms with Crippen molar-refractivity contribution in [1.82, 2.24) is 0 Å². The molecule has 1 atom stereocenters. The Balaban J connectivity index is 3.80. The first kappa shape index (κ1) is 7.63. The van der Waals surface area contributed by atoms with Gasteiger partial charge >= 0.3 is 0 Å². The molecule has 0 amide bonds. The molecule has 0 aromatic carbocycles. The van der Waals surface area contributed by atoms with Gasteiger partial charge in [-0.2, -0.15) is 0 Å². The molecule has 0 saturated heterocycles. The Kier molecular flexibility index (Phi) is 2.16. The van der Waals surface area contributed by atoms with Crippen LogP contribution in [0.4, 0.5) is 0 Å². The molecule has 0 aliphatic heterocycles. The Morgan fingerprint density at radius 1 is 1.62 bits per heavy atom. The Labute approximate surface area is 50.1 Å². The molecule has 0 fully saturated rings. The summed E-state index contributed by atoms with van der Waals surface area (Å²) in [5.41, 5.74) is 5.20. The Morgan fingerprint density at radius 2 is 2.00 bits per heavy atom. The van der Waals surface area contributed by atoms with Gasteiger partial charge < -0.3 is 10.5 Å². The quantitative estimate of drug-likeness (QED) is 0.534. The van der Waals surface area contributed by atoms with Crippen molar-refractivity contribution >= 4 is 6.29 Å². The molecule has 0 aliphatic carbocycles. The highest BCUT2D eigenvalue weighted by molar-refractivity contribution is 5.54. The summed E-state index contributed by atoms with van der Waals surface area (Å²) in [6.07, 6.45) is 0.875. The van der Waals surface area contributed by atoms with Gasteiger partial charge in [0.15, 0.2) is 0 Å². The number of rotatable bonds is 2. The van der Waals surface area contributed by atoms with Crippen molar-refractivity contribution in [3.05, 3.63) is 0 Å². The van der Waals surface area contributed by atoms with Crippen LogP contribution in [0.5, 0.6) is 0 Å². The van der Waals surface area contributed by atoms with Gasteiger partial charge in [-0.3, -0.25) is 0 Å². The first-order chi connectivity index (χ1) is 3.48. The lowest BCUT2D eigenvalue weighted by molar-refractivity contribution is -0.112. The summed E-state index contributed by atoms with van der Waals surface area (Å²) in [5, 5.41) is 0. The van der Waals surface area contributed by atoms with Crippen molar-refractivity contribution in [3.8, 4) is 0 Å². The predicted octanol–water partition coefficient (Wildman–Crippen LogP) is 0.559. The maximum absolute atomic E-state index is 10.1. The molecule has 0 saturated carbocycles. The zero-order valence-corrected chi connectivity index (χ0v) is 5.64. The predicted molar refractivity (Wildman–Crippen MR) is 33.5 cm³/mol. The van der Waals surface area contributed by atoms with Crippen LogP contribution in [0.15, 0.2) is 0 Å². The zero-order chi connectivity index (χ0) is 6.78. The molecule has 2 nitrogen and oxygen atoms in total. The number of nitrogens with two attached hydrogens (primary N) is 1. The van der Waals surface area contributed by atoms with Crippen LogP contribution >= 0.6 is 0 Å². The van der Waals surface area contributed by atoms with Gasteiger partial charge in [-0.05, 0) is 13.8 Å². The highest BCUT2D eigenvalue weighted by atomic mass is 16.1. The van der Waals surface area contributed by atoms with Crippen LogP contribution in [-0.4, -0.2) is 11.8 Å². The molecule has 0 spiro atoms. The lowest BCUT2D eigenvalue weighted by atomic mass is 9.92. The van der Waals surface area contributed by atoms with Crippen molar-refractivity contribution in [2.75, 3.05) is 0 Å². The molecule has 0 aromatic rings. The molecule has 0 rings (SSSR count). The second-order valence-corrected chi connectivity index (χ2v) is 2.75. The third kappa shape index (κ3) is 2.07. The average Bonchev–Trinajstić information content (AvgIpc) is 1.62. The van der Waals surface area contributed by atoms with Gasteiger partial charge in [-0.15, -0.1) is 0 Å². The number of hydrogen-bond donors (Lipinski definition) is 1. The maximum Gasteiger partial charge on any atom is 0.124 e. The highest BCUT2D eigenvalue weighted by Gasteiger charge is 2.18. The van der Waals surface area contributed by atoms with E-state index in [-0.39, 0.29) is 11.5 Å². The standard InChI is InChI=1S/C6H13NO/c1-5(4-8)6(2,3)7/h4-5H,7H2,1-3H3. The minimum Gasteiger partial charge on any atom is -0.325 e. The van der Waals surface area contributed by atoms with E-state index in [2.05, 4.69) is 0 Å². The topological polar surface area (TPSA) is 43.1 Å². The lowest BCUT2D eigenvalue weighted by Gasteiger charge is -2.21. The minimum absolute atomic E-state index is 0.0532. The van der Waals surface area contributed by atoms with Crippen molar-refractivity contribution in [3.63, 3.8) is 0 Å². The number of aldehydes is 1. The van der Waals surface area contributed by atoms with Gasteiger partial charge in [0.2, 0.25) is 0 Å². The number of carbonyl (C=O) groups excluding carboxylic acids is 1. The number of carbonyl (C=O) groups is 1.